The van der Waals surface area contributed by atoms with Crippen molar-refractivity contribution in [1.29, 1.82) is 0 Å². The molecule has 0 amide bonds. The molecule has 0 saturated carbocycles. The molecule has 0 aromatic heterocycles. The zero-order valence-electron chi connectivity index (χ0n) is 54.4. The summed E-state index contributed by atoms with van der Waals surface area (Å²) in [6, 6.07) is 0. The molecule has 0 N–H and O–H groups in total. The van der Waals surface area contributed by atoms with Gasteiger partial charge in [0.15, 0.2) is 6.10 Å². The Hall–Kier alpha value is -4.19. The van der Waals surface area contributed by atoms with E-state index in [1.54, 1.807) is 0 Å². The van der Waals surface area contributed by atoms with Crippen LogP contribution in [0.25, 0.3) is 0 Å². The molecule has 1 unspecified atom stereocenters. The molecule has 0 aliphatic carbocycles. The molecule has 0 aliphatic heterocycles. The molecule has 0 fully saturated rings. The summed E-state index contributed by atoms with van der Waals surface area (Å²) in [6.07, 6.45) is 98.1. The Bertz CT molecular complexity index is 1700. The summed E-state index contributed by atoms with van der Waals surface area (Å²) in [5, 5.41) is 0. The van der Waals surface area contributed by atoms with Crippen LogP contribution in [0.1, 0.15) is 329 Å². The first kappa shape index (κ1) is 78.8. The third-order valence-electron chi connectivity index (χ3n) is 15.0. The number of hydrogen-bond donors (Lipinski definition) is 0. The number of hydrogen-bond acceptors (Lipinski definition) is 6. The van der Waals surface area contributed by atoms with Gasteiger partial charge in [-0.1, -0.05) is 316 Å². The molecule has 1 atom stereocenters. The molecule has 0 radical (unpaired) electrons. The van der Waals surface area contributed by atoms with Gasteiger partial charge in [0.05, 0.1) is 0 Å². The van der Waals surface area contributed by atoms with E-state index < -0.39 is 6.10 Å². The summed E-state index contributed by atoms with van der Waals surface area (Å²) in [7, 11) is 0. The summed E-state index contributed by atoms with van der Waals surface area (Å²) in [6.45, 7) is 6.49. The molecule has 0 rings (SSSR count). The van der Waals surface area contributed by atoms with Gasteiger partial charge in [0.1, 0.15) is 13.2 Å². The fourth-order valence-corrected chi connectivity index (χ4v) is 9.73. The standard InChI is InChI=1S/C77H130O6/c1-4-7-10-13-16-19-21-23-25-27-29-31-33-35-36-37-38-39-40-42-43-45-47-49-51-53-55-58-61-64-67-70-76(79)82-73-74(72-81-75(78)69-66-63-60-57-18-15-12-9-6-3)83-77(80)71-68-65-62-59-56-54-52-50-48-46-44-41-34-32-30-28-26-24-22-20-17-14-11-8-5-2/h8,11,17,20-21,23-24,26-27,29-30,32-33,35,41,44,48,50,54,56,74H,4-7,9-10,12-16,18-19,22,25,28,31,34,36-40,42-43,45-47,49,51-53,55,57-73H2,1-3H3/b11-8-,20-17-,23-21-,26-24-,29-27-,32-30-,35-33-,44-41-,50-48-,56-54-. The monoisotopic (exact) mass is 1150 g/mol. The highest BCUT2D eigenvalue weighted by Gasteiger charge is 2.19. The highest BCUT2D eigenvalue weighted by molar-refractivity contribution is 5.71. The van der Waals surface area contributed by atoms with Crippen molar-refractivity contribution in [3.63, 3.8) is 0 Å². The number of unbranched alkanes of at least 4 members (excludes halogenated alkanes) is 32. The minimum atomic E-state index is -0.797. The lowest BCUT2D eigenvalue weighted by Gasteiger charge is -2.18. The van der Waals surface area contributed by atoms with E-state index in [1.807, 2.05) is 0 Å². The molecule has 474 valence electrons. The van der Waals surface area contributed by atoms with E-state index in [2.05, 4.69) is 142 Å². The van der Waals surface area contributed by atoms with Crippen molar-refractivity contribution < 1.29 is 28.6 Å². The van der Waals surface area contributed by atoms with Crippen LogP contribution in [0.15, 0.2) is 122 Å². The van der Waals surface area contributed by atoms with Crippen LogP contribution in [0.5, 0.6) is 0 Å². The van der Waals surface area contributed by atoms with Crippen molar-refractivity contribution in [3.8, 4) is 0 Å². The van der Waals surface area contributed by atoms with Crippen LogP contribution in [0.2, 0.25) is 0 Å². The van der Waals surface area contributed by atoms with Crippen LogP contribution < -0.4 is 0 Å². The fraction of sp³-hybridized carbons (Fsp3) is 0.701. The molecule has 0 bridgehead atoms. The first-order chi connectivity index (χ1) is 41.0. The second-order valence-corrected chi connectivity index (χ2v) is 23.1. The second kappa shape index (κ2) is 70.3. The quantitative estimate of drug-likeness (QED) is 0.0261. The topological polar surface area (TPSA) is 78.9 Å². The normalized spacial score (nSPS) is 12.9. The molecule has 83 heavy (non-hydrogen) atoms. The lowest BCUT2D eigenvalue weighted by Crippen LogP contribution is -2.30. The minimum absolute atomic E-state index is 0.0909. The second-order valence-electron chi connectivity index (χ2n) is 23.1. The van der Waals surface area contributed by atoms with E-state index in [4.69, 9.17) is 14.2 Å². The SMILES string of the molecule is CC/C=C\C/C=C\C/C=C\C/C=C\C/C=C\C/C=C\C/C=C\CCCCCC(=O)OC(COC(=O)CCCCCCCCCCC)COC(=O)CCCCCCCCCCCCCCCCCC/C=C\C/C=C\C/C=C\CCCCCCC. The van der Waals surface area contributed by atoms with Crippen LogP contribution in [-0.2, 0) is 28.6 Å². The van der Waals surface area contributed by atoms with Gasteiger partial charge in [-0.15, -0.1) is 0 Å². The van der Waals surface area contributed by atoms with Crippen LogP contribution in [-0.4, -0.2) is 37.2 Å². The Morgan fingerprint density at radius 3 is 0.747 bits per heavy atom. The van der Waals surface area contributed by atoms with Crippen molar-refractivity contribution in [2.45, 2.75) is 335 Å². The van der Waals surface area contributed by atoms with E-state index in [0.29, 0.717) is 12.8 Å². The first-order valence-electron chi connectivity index (χ1n) is 35.0. The molecular weight excluding hydrogens is 1020 g/mol. The van der Waals surface area contributed by atoms with Crippen molar-refractivity contribution in [2.24, 2.45) is 0 Å². The number of ether oxygens (including phenoxy) is 3. The summed E-state index contributed by atoms with van der Waals surface area (Å²) in [5.74, 6) is -0.918. The van der Waals surface area contributed by atoms with Crippen LogP contribution in [0, 0.1) is 0 Å². The van der Waals surface area contributed by atoms with Crippen molar-refractivity contribution in [1.82, 2.24) is 0 Å². The molecule has 0 spiro atoms. The number of allylic oxidation sites excluding steroid dienone is 20. The number of carbonyl (C=O) groups excluding carboxylic acids is 3. The zero-order valence-corrected chi connectivity index (χ0v) is 54.4. The number of rotatable bonds is 63. The van der Waals surface area contributed by atoms with E-state index in [1.165, 1.54) is 167 Å². The maximum Gasteiger partial charge on any atom is 0.306 e. The molecule has 6 nitrogen and oxygen atoms in total. The summed E-state index contributed by atoms with van der Waals surface area (Å²) in [5.41, 5.74) is 0. The Kier molecular flexibility index (Phi) is 66.7. The van der Waals surface area contributed by atoms with Gasteiger partial charge in [-0.25, -0.2) is 0 Å². The van der Waals surface area contributed by atoms with Gasteiger partial charge in [-0.3, -0.25) is 14.4 Å². The fourth-order valence-electron chi connectivity index (χ4n) is 9.73. The van der Waals surface area contributed by atoms with Crippen LogP contribution in [0.4, 0.5) is 0 Å². The third kappa shape index (κ3) is 68.5. The van der Waals surface area contributed by atoms with E-state index in [9.17, 15) is 14.4 Å². The van der Waals surface area contributed by atoms with Gasteiger partial charge in [0.25, 0.3) is 0 Å². The predicted octanol–water partition coefficient (Wildman–Crippen LogP) is 24.3. The predicted molar refractivity (Wildman–Crippen MR) is 362 cm³/mol. The minimum Gasteiger partial charge on any atom is -0.462 e. The van der Waals surface area contributed by atoms with Crippen molar-refractivity contribution >= 4 is 17.9 Å². The summed E-state index contributed by atoms with van der Waals surface area (Å²) < 4.78 is 16.9. The molecule has 6 heteroatoms. The van der Waals surface area contributed by atoms with Crippen molar-refractivity contribution in [3.05, 3.63) is 122 Å². The van der Waals surface area contributed by atoms with Gasteiger partial charge in [0.2, 0.25) is 0 Å². The molecule has 0 aromatic carbocycles. The Labute approximate surface area is 513 Å². The van der Waals surface area contributed by atoms with Crippen molar-refractivity contribution in [2.75, 3.05) is 13.2 Å². The molecular formula is C77H130O6. The number of esters is 3. The van der Waals surface area contributed by atoms with Gasteiger partial charge >= 0.3 is 17.9 Å². The first-order valence-corrected chi connectivity index (χ1v) is 35.0. The zero-order chi connectivity index (χ0) is 59.9. The maximum absolute atomic E-state index is 12.9. The molecule has 0 heterocycles. The lowest BCUT2D eigenvalue weighted by atomic mass is 10.0. The summed E-state index contributed by atoms with van der Waals surface area (Å²) >= 11 is 0. The highest BCUT2D eigenvalue weighted by atomic mass is 16.6. The van der Waals surface area contributed by atoms with Crippen LogP contribution >= 0.6 is 0 Å². The van der Waals surface area contributed by atoms with E-state index >= 15 is 0 Å². The van der Waals surface area contributed by atoms with Gasteiger partial charge in [0, 0.05) is 19.3 Å². The largest absolute Gasteiger partial charge is 0.462 e. The third-order valence-corrected chi connectivity index (χ3v) is 15.0. The average molecular weight is 1150 g/mol. The Balaban J connectivity index is 4.21. The lowest BCUT2D eigenvalue weighted by molar-refractivity contribution is -0.167. The smallest absolute Gasteiger partial charge is 0.306 e. The summed E-state index contributed by atoms with van der Waals surface area (Å²) in [4.78, 5) is 38.3. The van der Waals surface area contributed by atoms with E-state index in [-0.39, 0.29) is 37.5 Å². The van der Waals surface area contributed by atoms with Crippen LogP contribution in [0.3, 0.4) is 0 Å². The highest BCUT2D eigenvalue weighted by Crippen LogP contribution is 2.17. The maximum atomic E-state index is 12.9. The Morgan fingerprint density at radius 1 is 0.253 bits per heavy atom. The number of carbonyl (C=O) groups is 3. The Morgan fingerprint density at radius 2 is 0.470 bits per heavy atom. The molecule has 0 aliphatic rings. The molecule has 0 saturated heterocycles. The molecule has 0 aromatic rings. The van der Waals surface area contributed by atoms with E-state index in [0.717, 1.165) is 122 Å². The average Bonchev–Trinajstić information content (AvgIpc) is 3.49. The van der Waals surface area contributed by atoms with Gasteiger partial charge < -0.3 is 14.2 Å². The van der Waals surface area contributed by atoms with Gasteiger partial charge in [-0.05, 0) is 116 Å². The van der Waals surface area contributed by atoms with Gasteiger partial charge in [-0.2, -0.15) is 0 Å².